The lowest BCUT2D eigenvalue weighted by atomic mass is 9.84. The third kappa shape index (κ3) is 5.47. The highest BCUT2D eigenvalue weighted by atomic mass is 16.5. The van der Waals surface area contributed by atoms with Gasteiger partial charge in [0.25, 0.3) is 0 Å². The molecule has 0 heterocycles. The van der Waals surface area contributed by atoms with Crippen molar-refractivity contribution < 1.29 is 9.53 Å². The maximum absolute atomic E-state index is 11.6. The van der Waals surface area contributed by atoms with E-state index < -0.39 is 0 Å². The number of nitrogens with one attached hydrogen (secondary N) is 1. The monoisotopic (exact) mass is 228 g/mol. The second kappa shape index (κ2) is 7.63. The number of rotatable bonds is 6. The molecule has 0 bridgehead atoms. The van der Waals surface area contributed by atoms with Gasteiger partial charge in [-0.1, -0.05) is 6.42 Å². The van der Waals surface area contributed by atoms with E-state index in [1.54, 1.807) is 0 Å². The number of ether oxygens (including phenoxy) is 1. The van der Waals surface area contributed by atoms with Gasteiger partial charge < -0.3 is 15.8 Å². The van der Waals surface area contributed by atoms with Gasteiger partial charge in [0, 0.05) is 25.6 Å². The molecule has 0 aromatic heterocycles. The van der Waals surface area contributed by atoms with Crippen LogP contribution in [0.1, 0.15) is 39.0 Å². The predicted octanol–water partition coefficient (Wildman–Crippen LogP) is 1.05. The van der Waals surface area contributed by atoms with E-state index in [-0.39, 0.29) is 5.91 Å². The van der Waals surface area contributed by atoms with E-state index >= 15 is 0 Å². The largest absolute Gasteiger partial charge is 0.380 e. The lowest BCUT2D eigenvalue weighted by Gasteiger charge is -2.25. The van der Waals surface area contributed by atoms with Crippen LogP contribution in [0.5, 0.6) is 0 Å². The SMILES string of the molecule is CCOCCNC(=O)CC1CCCC(N)C1. The number of amides is 1. The Labute approximate surface area is 97.9 Å². The molecule has 0 saturated heterocycles. The summed E-state index contributed by atoms with van der Waals surface area (Å²) >= 11 is 0. The van der Waals surface area contributed by atoms with Crippen molar-refractivity contribution in [1.29, 1.82) is 0 Å². The Bertz CT molecular complexity index is 209. The summed E-state index contributed by atoms with van der Waals surface area (Å²) in [5.41, 5.74) is 5.89. The van der Waals surface area contributed by atoms with E-state index in [2.05, 4.69) is 5.32 Å². The van der Waals surface area contributed by atoms with Gasteiger partial charge in [-0.05, 0) is 32.1 Å². The maximum atomic E-state index is 11.6. The Kier molecular flexibility index (Phi) is 6.42. The zero-order chi connectivity index (χ0) is 11.8. The lowest BCUT2D eigenvalue weighted by molar-refractivity contribution is -0.122. The minimum atomic E-state index is 0.138. The highest BCUT2D eigenvalue weighted by molar-refractivity contribution is 5.76. The van der Waals surface area contributed by atoms with Crippen LogP contribution in [0.2, 0.25) is 0 Å². The fraction of sp³-hybridized carbons (Fsp3) is 0.917. The number of hydrogen-bond donors (Lipinski definition) is 2. The van der Waals surface area contributed by atoms with Crippen molar-refractivity contribution in [1.82, 2.24) is 5.32 Å². The van der Waals surface area contributed by atoms with Crippen LogP contribution in [0, 0.1) is 5.92 Å². The molecule has 0 aromatic carbocycles. The number of carbonyl (C=O) groups is 1. The first-order chi connectivity index (χ1) is 7.72. The molecule has 1 fully saturated rings. The summed E-state index contributed by atoms with van der Waals surface area (Å²) in [6.07, 6.45) is 5.05. The van der Waals surface area contributed by atoms with E-state index in [9.17, 15) is 4.79 Å². The second-order valence-electron chi connectivity index (χ2n) is 4.54. The fourth-order valence-electron chi connectivity index (χ4n) is 2.26. The van der Waals surface area contributed by atoms with Crippen LogP contribution in [0.25, 0.3) is 0 Å². The van der Waals surface area contributed by atoms with Gasteiger partial charge in [-0.15, -0.1) is 0 Å². The van der Waals surface area contributed by atoms with Crippen LogP contribution in [0.3, 0.4) is 0 Å². The first kappa shape index (κ1) is 13.5. The Morgan fingerprint density at radius 3 is 3.00 bits per heavy atom. The van der Waals surface area contributed by atoms with Crippen LogP contribution in [0.4, 0.5) is 0 Å². The third-order valence-electron chi connectivity index (χ3n) is 3.07. The van der Waals surface area contributed by atoms with E-state index in [0.29, 0.717) is 38.1 Å². The van der Waals surface area contributed by atoms with Crippen molar-refractivity contribution in [2.24, 2.45) is 11.7 Å². The molecule has 16 heavy (non-hydrogen) atoms. The molecule has 0 aromatic rings. The standard InChI is InChI=1S/C12H24N2O2/c1-2-16-7-6-14-12(15)9-10-4-3-5-11(13)8-10/h10-11H,2-9,13H2,1H3,(H,14,15). The molecule has 0 radical (unpaired) electrons. The van der Waals surface area contributed by atoms with Crippen molar-refractivity contribution in [3.05, 3.63) is 0 Å². The molecule has 4 heteroatoms. The fourth-order valence-corrected chi connectivity index (χ4v) is 2.26. The highest BCUT2D eigenvalue weighted by Crippen LogP contribution is 2.25. The Morgan fingerprint density at radius 1 is 1.50 bits per heavy atom. The molecule has 1 aliphatic rings. The summed E-state index contributed by atoms with van der Waals surface area (Å²) in [6, 6.07) is 0.301. The first-order valence-corrected chi connectivity index (χ1v) is 6.32. The molecule has 0 spiro atoms. The zero-order valence-electron chi connectivity index (χ0n) is 10.2. The van der Waals surface area contributed by atoms with Crippen molar-refractivity contribution >= 4 is 5.91 Å². The van der Waals surface area contributed by atoms with E-state index in [0.717, 1.165) is 25.7 Å². The van der Waals surface area contributed by atoms with E-state index in [1.165, 1.54) is 0 Å². The predicted molar refractivity (Wildman–Crippen MR) is 64.1 cm³/mol. The average molecular weight is 228 g/mol. The van der Waals surface area contributed by atoms with Crippen molar-refractivity contribution in [3.8, 4) is 0 Å². The molecule has 0 aliphatic heterocycles. The summed E-state index contributed by atoms with van der Waals surface area (Å²) in [7, 11) is 0. The van der Waals surface area contributed by atoms with E-state index in [4.69, 9.17) is 10.5 Å². The van der Waals surface area contributed by atoms with Gasteiger partial charge in [-0.25, -0.2) is 0 Å². The minimum Gasteiger partial charge on any atom is -0.380 e. The van der Waals surface area contributed by atoms with Crippen molar-refractivity contribution in [2.45, 2.75) is 45.1 Å². The molecule has 94 valence electrons. The number of nitrogens with two attached hydrogens (primary N) is 1. The summed E-state index contributed by atoms with van der Waals surface area (Å²) in [4.78, 5) is 11.6. The van der Waals surface area contributed by atoms with Gasteiger partial charge in [0.15, 0.2) is 0 Å². The molecule has 3 N–H and O–H groups in total. The summed E-state index contributed by atoms with van der Waals surface area (Å²) in [5, 5.41) is 2.87. The van der Waals surface area contributed by atoms with Crippen LogP contribution >= 0.6 is 0 Å². The number of carbonyl (C=O) groups excluding carboxylic acids is 1. The minimum absolute atomic E-state index is 0.138. The van der Waals surface area contributed by atoms with Crippen molar-refractivity contribution in [2.75, 3.05) is 19.8 Å². The number of hydrogen-bond acceptors (Lipinski definition) is 3. The van der Waals surface area contributed by atoms with Crippen LogP contribution < -0.4 is 11.1 Å². The smallest absolute Gasteiger partial charge is 0.220 e. The average Bonchev–Trinajstić information content (AvgIpc) is 2.24. The second-order valence-corrected chi connectivity index (χ2v) is 4.54. The van der Waals surface area contributed by atoms with E-state index in [1.807, 2.05) is 6.92 Å². The molecule has 4 nitrogen and oxygen atoms in total. The molecule has 1 aliphatic carbocycles. The normalized spacial score (nSPS) is 25.4. The first-order valence-electron chi connectivity index (χ1n) is 6.32. The Morgan fingerprint density at radius 2 is 2.31 bits per heavy atom. The van der Waals surface area contributed by atoms with Crippen LogP contribution in [0.15, 0.2) is 0 Å². The molecule has 1 amide bonds. The molecule has 2 atom stereocenters. The van der Waals surface area contributed by atoms with Gasteiger partial charge in [0.05, 0.1) is 6.61 Å². The summed E-state index contributed by atoms with van der Waals surface area (Å²) in [6.45, 7) is 3.87. The van der Waals surface area contributed by atoms with Gasteiger partial charge in [0.2, 0.25) is 5.91 Å². The summed E-state index contributed by atoms with van der Waals surface area (Å²) in [5.74, 6) is 0.620. The third-order valence-corrected chi connectivity index (χ3v) is 3.07. The zero-order valence-corrected chi connectivity index (χ0v) is 10.2. The lowest BCUT2D eigenvalue weighted by Crippen LogP contribution is -2.33. The maximum Gasteiger partial charge on any atom is 0.220 e. The summed E-state index contributed by atoms with van der Waals surface area (Å²) < 4.78 is 5.16. The van der Waals surface area contributed by atoms with Gasteiger partial charge in [-0.3, -0.25) is 4.79 Å². The molecular weight excluding hydrogens is 204 g/mol. The Hall–Kier alpha value is -0.610. The van der Waals surface area contributed by atoms with Gasteiger partial charge in [-0.2, -0.15) is 0 Å². The molecule has 1 rings (SSSR count). The van der Waals surface area contributed by atoms with Crippen molar-refractivity contribution in [3.63, 3.8) is 0 Å². The Balaban J connectivity index is 2.08. The molecular formula is C12H24N2O2. The molecule has 1 saturated carbocycles. The van der Waals surface area contributed by atoms with Crippen LogP contribution in [-0.2, 0) is 9.53 Å². The van der Waals surface area contributed by atoms with Gasteiger partial charge in [0.1, 0.15) is 0 Å². The molecule has 2 unspecified atom stereocenters. The highest BCUT2D eigenvalue weighted by Gasteiger charge is 2.21. The van der Waals surface area contributed by atoms with Gasteiger partial charge >= 0.3 is 0 Å². The topological polar surface area (TPSA) is 64.3 Å². The van der Waals surface area contributed by atoms with Crippen LogP contribution in [-0.4, -0.2) is 31.7 Å². The quantitative estimate of drug-likeness (QED) is 0.668.